The molecule has 5 nitrogen and oxygen atoms in total. The lowest BCUT2D eigenvalue weighted by atomic mass is 9.90. The molecule has 1 atom stereocenters. The van der Waals surface area contributed by atoms with Crippen LogP contribution in [0.1, 0.15) is 16.7 Å². The van der Waals surface area contributed by atoms with E-state index >= 15 is 0 Å². The zero-order valence-electron chi connectivity index (χ0n) is 14.6. The smallest absolute Gasteiger partial charge is 0.255 e. The third-order valence-electron chi connectivity index (χ3n) is 4.35. The zero-order valence-corrected chi connectivity index (χ0v) is 14.6. The molecule has 0 saturated carbocycles. The Labute approximate surface area is 147 Å². The number of aryl methyl sites for hydroxylation is 1. The zero-order chi connectivity index (χ0) is 17.8. The molecule has 2 aromatic carbocycles. The Morgan fingerprint density at radius 2 is 2.12 bits per heavy atom. The molecule has 1 heterocycles. The second kappa shape index (κ2) is 7.47. The summed E-state index contributed by atoms with van der Waals surface area (Å²) in [6, 6.07) is 11.9. The van der Waals surface area contributed by atoms with E-state index in [1.165, 1.54) is 5.56 Å². The Morgan fingerprint density at radius 3 is 2.88 bits per heavy atom. The minimum Gasteiger partial charge on any atom is -0.497 e. The minimum absolute atomic E-state index is 0.111. The summed E-state index contributed by atoms with van der Waals surface area (Å²) in [5, 5.41) is 0. The van der Waals surface area contributed by atoms with Gasteiger partial charge < -0.3 is 19.9 Å². The second-order valence-corrected chi connectivity index (χ2v) is 6.43. The predicted molar refractivity (Wildman–Crippen MR) is 95.3 cm³/mol. The van der Waals surface area contributed by atoms with E-state index in [0.717, 1.165) is 35.5 Å². The van der Waals surface area contributed by atoms with Crippen LogP contribution >= 0.6 is 0 Å². The van der Waals surface area contributed by atoms with Crippen LogP contribution in [0.3, 0.4) is 0 Å². The Hall–Kier alpha value is -2.69. The average Bonchev–Trinajstić information content (AvgIpc) is 2.60. The first-order chi connectivity index (χ1) is 12.0. The number of ether oxygens (including phenoxy) is 3. The van der Waals surface area contributed by atoms with Gasteiger partial charge in [0.2, 0.25) is 0 Å². The molecule has 25 heavy (non-hydrogen) atoms. The van der Waals surface area contributed by atoms with Gasteiger partial charge in [-0.15, -0.1) is 0 Å². The van der Waals surface area contributed by atoms with Crippen LogP contribution in [-0.2, 0) is 17.6 Å². The quantitative estimate of drug-likeness (QED) is 0.877. The average molecular weight is 341 g/mol. The van der Waals surface area contributed by atoms with Crippen molar-refractivity contribution in [3.8, 4) is 17.2 Å². The molecule has 0 aromatic heterocycles. The van der Waals surface area contributed by atoms with Gasteiger partial charge in [-0.3, -0.25) is 4.79 Å². The maximum atomic E-state index is 11.0. The molecule has 0 bridgehead atoms. The highest BCUT2D eigenvalue weighted by Gasteiger charge is 2.22. The van der Waals surface area contributed by atoms with E-state index in [9.17, 15) is 4.79 Å². The molecule has 0 radical (unpaired) electrons. The summed E-state index contributed by atoms with van der Waals surface area (Å²) in [7, 11) is 1.65. The fourth-order valence-corrected chi connectivity index (χ4v) is 3.14. The van der Waals surface area contributed by atoms with E-state index in [1.807, 2.05) is 31.2 Å². The highest BCUT2D eigenvalue weighted by Crippen LogP contribution is 2.33. The number of nitrogens with two attached hydrogens (primary N) is 1. The molecule has 2 N–H and O–H groups in total. The van der Waals surface area contributed by atoms with Gasteiger partial charge >= 0.3 is 0 Å². The molecule has 2 aromatic rings. The first-order valence-corrected chi connectivity index (χ1v) is 8.35. The molecule has 0 fully saturated rings. The van der Waals surface area contributed by atoms with Gasteiger partial charge in [0.05, 0.1) is 13.7 Å². The Kier molecular flexibility index (Phi) is 5.12. The van der Waals surface area contributed by atoms with Crippen LogP contribution in [0.15, 0.2) is 36.4 Å². The van der Waals surface area contributed by atoms with Crippen LogP contribution in [0.4, 0.5) is 0 Å². The highest BCUT2D eigenvalue weighted by molar-refractivity contribution is 5.75. The van der Waals surface area contributed by atoms with E-state index < -0.39 is 5.91 Å². The SMILES string of the molecule is COc1ccc2c(c1)OCC(Cc1cc(C)ccc1OCC(N)=O)C2. The number of benzene rings is 2. The number of carbonyl (C=O) groups is 1. The Balaban J connectivity index is 1.74. The van der Waals surface area contributed by atoms with Gasteiger partial charge in [0.25, 0.3) is 5.91 Å². The molecule has 5 heteroatoms. The van der Waals surface area contributed by atoms with Crippen molar-refractivity contribution in [2.45, 2.75) is 19.8 Å². The predicted octanol–water partition coefficient (Wildman–Crippen LogP) is 2.66. The van der Waals surface area contributed by atoms with Crippen LogP contribution < -0.4 is 19.9 Å². The fourth-order valence-electron chi connectivity index (χ4n) is 3.14. The van der Waals surface area contributed by atoms with Gasteiger partial charge in [-0.25, -0.2) is 0 Å². The van der Waals surface area contributed by atoms with Gasteiger partial charge in [-0.2, -0.15) is 0 Å². The van der Waals surface area contributed by atoms with E-state index in [1.54, 1.807) is 7.11 Å². The van der Waals surface area contributed by atoms with Gasteiger partial charge in [-0.1, -0.05) is 23.8 Å². The van der Waals surface area contributed by atoms with Crippen LogP contribution in [0.5, 0.6) is 17.2 Å². The van der Waals surface area contributed by atoms with Crippen LogP contribution in [0.25, 0.3) is 0 Å². The summed E-state index contributed by atoms with van der Waals surface area (Å²) in [5.41, 5.74) is 8.60. The number of fused-ring (bicyclic) bond motifs is 1. The van der Waals surface area contributed by atoms with Gasteiger partial charge in [0, 0.05) is 12.0 Å². The van der Waals surface area contributed by atoms with Crippen molar-refractivity contribution in [1.29, 1.82) is 0 Å². The number of hydrogen-bond donors (Lipinski definition) is 1. The monoisotopic (exact) mass is 341 g/mol. The third kappa shape index (κ3) is 4.24. The normalized spacial score (nSPS) is 15.8. The number of primary amides is 1. The second-order valence-electron chi connectivity index (χ2n) is 6.43. The number of hydrogen-bond acceptors (Lipinski definition) is 4. The summed E-state index contributed by atoms with van der Waals surface area (Å²) >= 11 is 0. The standard InChI is InChI=1S/C20H23NO4/c1-13-3-6-18(25-12-20(21)22)16(7-13)9-14-8-15-4-5-17(23-2)10-19(15)24-11-14/h3-7,10,14H,8-9,11-12H2,1-2H3,(H2,21,22). The molecular weight excluding hydrogens is 318 g/mol. The molecule has 3 rings (SSSR count). The molecule has 1 aliphatic rings. The maximum Gasteiger partial charge on any atom is 0.255 e. The van der Waals surface area contributed by atoms with Crippen molar-refractivity contribution in [3.05, 3.63) is 53.1 Å². The molecule has 1 unspecified atom stereocenters. The van der Waals surface area contributed by atoms with Crippen LogP contribution in [0.2, 0.25) is 0 Å². The summed E-state index contributed by atoms with van der Waals surface area (Å²) in [6.07, 6.45) is 1.75. The lowest BCUT2D eigenvalue weighted by Gasteiger charge is -2.26. The van der Waals surface area contributed by atoms with E-state index in [0.29, 0.717) is 18.3 Å². The molecule has 132 valence electrons. The lowest BCUT2D eigenvalue weighted by molar-refractivity contribution is -0.119. The first-order valence-electron chi connectivity index (χ1n) is 8.35. The van der Waals surface area contributed by atoms with Gasteiger partial charge in [0.15, 0.2) is 6.61 Å². The van der Waals surface area contributed by atoms with Crippen molar-refractivity contribution in [1.82, 2.24) is 0 Å². The number of amides is 1. The summed E-state index contributed by atoms with van der Waals surface area (Å²) in [5.74, 6) is 2.28. The van der Waals surface area contributed by atoms with E-state index in [4.69, 9.17) is 19.9 Å². The van der Waals surface area contributed by atoms with Gasteiger partial charge in [0.1, 0.15) is 17.2 Å². The molecule has 0 aliphatic carbocycles. The van der Waals surface area contributed by atoms with Crippen LogP contribution in [-0.4, -0.2) is 26.2 Å². The van der Waals surface area contributed by atoms with E-state index in [-0.39, 0.29) is 6.61 Å². The largest absolute Gasteiger partial charge is 0.497 e. The first kappa shape index (κ1) is 17.1. The number of rotatable bonds is 6. The van der Waals surface area contributed by atoms with Crippen molar-refractivity contribution in [2.24, 2.45) is 11.7 Å². The molecular formula is C20H23NO4. The number of carbonyl (C=O) groups excluding carboxylic acids is 1. The minimum atomic E-state index is -0.476. The Bertz CT molecular complexity index is 772. The lowest BCUT2D eigenvalue weighted by Crippen LogP contribution is -2.24. The maximum absolute atomic E-state index is 11.0. The molecule has 1 aliphatic heterocycles. The number of methoxy groups -OCH3 is 1. The molecule has 0 saturated heterocycles. The van der Waals surface area contributed by atoms with Crippen molar-refractivity contribution >= 4 is 5.91 Å². The topological polar surface area (TPSA) is 70.8 Å². The highest BCUT2D eigenvalue weighted by atomic mass is 16.5. The summed E-state index contributed by atoms with van der Waals surface area (Å²) < 4.78 is 16.7. The summed E-state index contributed by atoms with van der Waals surface area (Å²) in [6.45, 7) is 2.57. The van der Waals surface area contributed by atoms with Crippen molar-refractivity contribution in [2.75, 3.05) is 20.3 Å². The summed E-state index contributed by atoms with van der Waals surface area (Å²) in [4.78, 5) is 11.0. The van der Waals surface area contributed by atoms with Crippen LogP contribution in [0, 0.1) is 12.8 Å². The third-order valence-corrected chi connectivity index (χ3v) is 4.35. The molecule has 0 spiro atoms. The van der Waals surface area contributed by atoms with Gasteiger partial charge in [-0.05, 0) is 43.0 Å². The fraction of sp³-hybridized carbons (Fsp3) is 0.350. The molecule has 1 amide bonds. The van der Waals surface area contributed by atoms with Crippen molar-refractivity contribution in [3.63, 3.8) is 0 Å². The van der Waals surface area contributed by atoms with E-state index in [2.05, 4.69) is 12.1 Å². The van der Waals surface area contributed by atoms with Crippen molar-refractivity contribution < 1.29 is 19.0 Å². The Morgan fingerprint density at radius 1 is 1.28 bits per heavy atom.